The molecule has 0 aliphatic carbocycles. The molecule has 1 heterocycles. The highest BCUT2D eigenvalue weighted by Crippen LogP contribution is 2.39. The molecule has 2 rings (SSSR count). The van der Waals surface area contributed by atoms with Crippen LogP contribution >= 0.6 is 11.6 Å². The summed E-state index contributed by atoms with van der Waals surface area (Å²) in [7, 11) is 0. The zero-order valence-electron chi connectivity index (χ0n) is 8.03. The number of carboxylic acid groups (broad SMARTS) is 1. The van der Waals surface area contributed by atoms with E-state index in [0.29, 0.717) is 19.0 Å². The molecule has 0 saturated heterocycles. The topological polar surface area (TPSA) is 72.8 Å². The summed E-state index contributed by atoms with van der Waals surface area (Å²) in [4.78, 5) is 21.8. The van der Waals surface area contributed by atoms with Crippen molar-refractivity contribution in [1.82, 2.24) is 0 Å². The van der Waals surface area contributed by atoms with Crippen molar-refractivity contribution in [3.8, 4) is 11.5 Å². The predicted molar refractivity (Wildman–Crippen MR) is 54.4 cm³/mol. The van der Waals surface area contributed by atoms with Gasteiger partial charge in [0.2, 0.25) is 0 Å². The minimum absolute atomic E-state index is 0.0235. The van der Waals surface area contributed by atoms with Crippen LogP contribution in [0.5, 0.6) is 11.5 Å². The van der Waals surface area contributed by atoms with Crippen molar-refractivity contribution >= 4 is 23.4 Å². The van der Waals surface area contributed by atoms with Gasteiger partial charge in [0.25, 0.3) is 5.78 Å². The highest BCUT2D eigenvalue weighted by atomic mass is 35.5. The number of aliphatic carboxylic acids is 1. The lowest BCUT2D eigenvalue weighted by Gasteiger charge is -2.19. The first-order valence-corrected chi connectivity index (χ1v) is 4.85. The number of ketones is 1. The van der Waals surface area contributed by atoms with Gasteiger partial charge in [-0.25, -0.2) is 4.79 Å². The molecule has 0 atom stereocenters. The van der Waals surface area contributed by atoms with Gasteiger partial charge in [0, 0.05) is 0 Å². The highest BCUT2D eigenvalue weighted by molar-refractivity contribution is 6.45. The van der Waals surface area contributed by atoms with Crippen LogP contribution in [-0.2, 0) is 4.79 Å². The van der Waals surface area contributed by atoms with Crippen LogP contribution in [0.4, 0.5) is 0 Å². The summed E-state index contributed by atoms with van der Waals surface area (Å²) in [5.74, 6) is -1.99. The highest BCUT2D eigenvalue weighted by Gasteiger charge is 2.24. The molecule has 0 amide bonds. The maximum Gasteiger partial charge on any atom is 0.377 e. The van der Waals surface area contributed by atoms with Gasteiger partial charge in [-0.15, -0.1) is 0 Å². The molecule has 16 heavy (non-hydrogen) atoms. The van der Waals surface area contributed by atoms with Crippen LogP contribution in [0.3, 0.4) is 0 Å². The SMILES string of the molecule is O=C(O)C(=O)c1ccc2c(c1Cl)OCCO2. The summed E-state index contributed by atoms with van der Waals surface area (Å²) in [6, 6.07) is 2.78. The number of rotatable bonds is 2. The standard InChI is InChI=1S/C10H7ClO5/c11-7-5(8(12)10(13)14)1-2-6-9(7)16-4-3-15-6/h1-2H,3-4H2,(H,13,14). The molecule has 0 saturated carbocycles. The molecule has 1 aromatic rings. The quantitative estimate of drug-likeness (QED) is 0.627. The van der Waals surface area contributed by atoms with Crippen LogP contribution < -0.4 is 9.47 Å². The van der Waals surface area contributed by atoms with Gasteiger partial charge in [-0.1, -0.05) is 11.6 Å². The Hall–Kier alpha value is -1.75. The number of halogens is 1. The second kappa shape index (κ2) is 4.02. The minimum Gasteiger partial charge on any atom is -0.486 e. The number of carbonyl (C=O) groups is 2. The first kappa shape index (κ1) is 10.8. The third-order valence-electron chi connectivity index (χ3n) is 2.09. The van der Waals surface area contributed by atoms with Crippen molar-refractivity contribution in [2.45, 2.75) is 0 Å². The Morgan fingerprint density at radius 3 is 2.62 bits per heavy atom. The van der Waals surface area contributed by atoms with Gasteiger partial charge in [0.05, 0.1) is 10.6 Å². The molecule has 1 aromatic carbocycles. The first-order valence-electron chi connectivity index (χ1n) is 4.47. The van der Waals surface area contributed by atoms with Crippen LogP contribution in [0.25, 0.3) is 0 Å². The van der Waals surface area contributed by atoms with Crippen molar-refractivity contribution in [3.63, 3.8) is 0 Å². The third-order valence-corrected chi connectivity index (χ3v) is 2.46. The van der Waals surface area contributed by atoms with Crippen LogP contribution in [0.2, 0.25) is 5.02 Å². The Morgan fingerprint density at radius 1 is 1.25 bits per heavy atom. The lowest BCUT2D eigenvalue weighted by atomic mass is 10.1. The zero-order chi connectivity index (χ0) is 11.7. The summed E-state index contributed by atoms with van der Waals surface area (Å²) >= 11 is 5.88. The van der Waals surface area contributed by atoms with Gasteiger partial charge in [-0.3, -0.25) is 4.79 Å². The van der Waals surface area contributed by atoms with Crippen molar-refractivity contribution in [1.29, 1.82) is 0 Å². The van der Waals surface area contributed by atoms with E-state index >= 15 is 0 Å². The van der Waals surface area contributed by atoms with Gasteiger partial charge in [0.1, 0.15) is 13.2 Å². The van der Waals surface area contributed by atoms with Crippen LogP contribution in [0.1, 0.15) is 10.4 Å². The van der Waals surface area contributed by atoms with E-state index in [9.17, 15) is 9.59 Å². The molecular weight excluding hydrogens is 236 g/mol. The average Bonchev–Trinajstić information content (AvgIpc) is 2.29. The Balaban J connectivity index is 2.49. The predicted octanol–water partition coefficient (Wildman–Crippen LogP) is 1.38. The van der Waals surface area contributed by atoms with Crippen molar-refractivity contribution < 1.29 is 24.2 Å². The maximum absolute atomic E-state index is 11.3. The van der Waals surface area contributed by atoms with Crippen LogP contribution in [-0.4, -0.2) is 30.1 Å². The number of benzene rings is 1. The Kier molecular flexibility index (Phi) is 2.70. The van der Waals surface area contributed by atoms with Crippen molar-refractivity contribution in [3.05, 3.63) is 22.7 Å². The number of fused-ring (bicyclic) bond motifs is 1. The molecule has 84 valence electrons. The van der Waals surface area contributed by atoms with E-state index in [2.05, 4.69) is 0 Å². The molecule has 1 aliphatic rings. The van der Waals surface area contributed by atoms with Gasteiger partial charge in [0.15, 0.2) is 11.5 Å². The molecule has 0 aromatic heterocycles. The average molecular weight is 243 g/mol. The second-order valence-electron chi connectivity index (χ2n) is 3.09. The van der Waals surface area contributed by atoms with Gasteiger partial charge in [-0.2, -0.15) is 0 Å². The normalized spacial score (nSPS) is 13.3. The van der Waals surface area contributed by atoms with Crippen molar-refractivity contribution in [2.75, 3.05) is 13.2 Å². The summed E-state index contributed by atoms with van der Waals surface area (Å²) in [5.41, 5.74) is -0.0987. The van der Waals surface area contributed by atoms with E-state index in [0.717, 1.165) is 0 Å². The van der Waals surface area contributed by atoms with E-state index in [4.69, 9.17) is 26.2 Å². The van der Waals surface area contributed by atoms with E-state index < -0.39 is 11.8 Å². The molecule has 0 fully saturated rings. The monoisotopic (exact) mass is 242 g/mol. The largest absolute Gasteiger partial charge is 0.486 e. The molecule has 6 heteroatoms. The van der Waals surface area contributed by atoms with E-state index in [-0.39, 0.29) is 16.3 Å². The summed E-state index contributed by atoms with van der Waals surface area (Å²) in [6.45, 7) is 0.715. The number of carbonyl (C=O) groups excluding carboxylic acids is 1. The number of carboxylic acids is 1. The molecule has 1 aliphatic heterocycles. The number of hydrogen-bond acceptors (Lipinski definition) is 4. The lowest BCUT2D eigenvalue weighted by molar-refractivity contribution is -0.131. The van der Waals surface area contributed by atoms with Gasteiger partial charge >= 0.3 is 5.97 Å². The van der Waals surface area contributed by atoms with Gasteiger partial charge < -0.3 is 14.6 Å². The number of hydrogen-bond donors (Lipinski definition) is 1. The molecule has 0 bridgehead atoms. The molecule has 5 nitrogen and oxygen atoms in total. The van der Waals surface area contributed by atoms with Crippen molar-refractivity contribution in [2.24, 2.45) is 0 Å². The number of Topliss-reactive ketones (excluding diaryl/α,β-unsaturated/α-hetero) is 1. The Bertz CT molecular complexity index is 469. The fraction of sp³-hybridized carbons (Fsp3) is 0.200. The van der Waals surface area contributed by atoms with Gasteiger partial charge in [-0.05, 0) is 12.1 Å². The molecule has 1 N–H and O–H groups in total. The third kappa shape index (κ3) is 1.69. The number of ether oxygens (including phenoxy) is 2. The van der Waals surface area contributed by atoms with E-state index in [1.54, 1.807) is 0 Å². The maximum atomic E-state index is 11.3. The molecule has 0 radical (unpaired) electrons. The fourth-order valence-corrected chi connectivity index (χ4v) is 1.67. The van der Waals surface area contributed by atoms with E-state index in [1.165, 1.54) is 12.1 Å². The molecule has 0 unspecified atom stereocenters. The fourth-order valence-electron chi connectivity index (χ4n) is 1.37. The summed E-state index contributed by atoms with van der Waals surface area (Å²) in [6.07, 6.45) is 0. The Labute approximate surface area is 95.5 Å². The smallest absolute Gasteiger partial charge is 0.377 e. The van der Waals surface area contributed by atoms with Crippen LogP contribution in [0.15, 0.2) is 12.1 Å². The Morgan fingerprint density at radius 2 is 1.94 bits per heavy atom. The lowest BCUT2D eigenvalue weighted by Crippen LogP contribution is -2.18. The molecule has 0 spiro atoms. The minimum atomic E-state index is -1.56. The summed E-state index contributed by atoms with van der Waals surface area (Å²) in [5, 5.41) is 8.56. The first-order chi connectivity index (χ1) is 7.61. The van der Waals surface area contributed by atoms with Crippen LogP contribution in [0, 0.1) is 0 Å². The molecular formula is C10H7ClO5. The van der Waals surface area contributed by atoms with E-state index in [1.807, 2.05) is 0 Å². The second-order valence-corrected chi connectivity index (χ2v) is 3.46. The zero-order valence-corrected chi connectivity index (χ0v) is 8.78. The summed E-state index contributed by atoms with van der Waals surface area (Å²) < 4.78 is 10.5.